The van der Waals surface area contributed by atoms with Crippen LogP contribution in [-0.4, -0.2) is 48.8 Å². The molecule has 0 bridgehead atoms. The van der Waals surface area contributed by atoms with Crippen LogP contribution in [0.4, 0.5) is 8.78 Å². The fraction of sp³-hybridized carbons (Fsp3) is 0.261. The van der Waals surface area contributed by atoms with Gasteiger partial charge >= 0.3 is 0 Å². The van der Waals surface area contributed by atoms with Gasteiger partial charge < -0.3 is 14.9 Å². The Morgan fingerprint density at radius 2 is 1.88 bits per heavy atom. The molecule has 0 unspecified atom stereocenters. The number of aromatic amines is 1. The van der Waals surface area contributed by atoms with E-state index in [1.165, 1.54) is 22.9 Å². The average molecular weight is 493 g/mol. The summed E-state index contributed by atoms with van der Waals surface area (Å²) in [4.78, 5) is 17.7. The number of rotatable bonds is 9. The van der Waals surface area contributed by atoms with Gasteiger partial charge in [-0.3, -0.25) is 14.3 Å². The first-order valence-electron chi connectivity index (χ1n) is 10.2. The minimum absolute atomic E-state index is 0. The molecule has 0 saturated heterocycles. The summed E-state index contributed by atoms with van der Waals surface area (Å²) in [5.41, 5.74) is 0.0273. The second-order valence-electron chi connectivity index (χ2n) is 7.78. The van der Waals surface area contributed by atoms with Gasteiger partial charge in [0, 0.05) is 24.4 Å². The van der Waals surface area contributed by atoms with E-state index in [9.17, 15) is 23.8 Å². The molecule has 0 aliphatic carbocycles. The number of aliphatic hydroxyl groups is 2. The van der Waals surface area contributed by atoms with Crippen molar-refractivity contribution in [3.63, 3.8) is 0 Å². The molecule has 4 aromatic rings. The number of ether oxygens (including phenoxy) is 1. The summed E-state index contributed by atoms with van der Waals surface area (Å²) >= 11 is 0. The van der Waals surface area contributed by atoms with E-state index in [1.54, 1.807) is 25.3 Å². The maximum absolute atomic E-state index is 13.9. The Morgan fingerprint density at radius 1 is 1.18 bits per heavy atom. The Balaban J connectivity index is 0.00000324. The zero-order chi connectivity index (χ0) is 23.6. The largest absolute Gasteiger partial charge is 0.485 e. The Kier molecular flexibility index (Phi) is 7.65. The van der Waals surface area contributed by atoms with Crippen molar-refractivity contribution >= 4 is 23.8 Å². The van der Waals surface area contributed by atoms with E-state index in [-0.39, 0.29) is 48.2 Å². The molecule has 0 aliphatic rings. The molecule has 3 aromatic heterocycles. The summed E-state index contributed by atoms with van der Waals surface area (Å²) in [6.45, 7) is 0.365. The third-order valence-corrected chi connectivity index (χ3v) is 5.70. The Morgan fingerprint density at radius 3 is 2.50 bits per heavy atom. The molecule has 3 heterocycles. The van der Waals surface area contributed by atoms with Crippen LogP contribution in [0.25, 0.3) is 5.65 Å². The van der Waals surface area contributed by atoms with Crippen molar-refractivity contribution in [1.29, 1.82) is 0 Å². The van der Waals surface area contributed by atoms with Gasteiger partial charge in [0.25, 0.3) is 0 Å². The lowest BCUT2D eigenvalue weighted by Gasteiger charge is -2.27. The van der Waals surface area contributed by atoms with Gasteiger partial charge in [-0.05, 0) is 31.2 Å². The van der Waals surface area contributed by atoms with Crippen LogP contribution in [0, 0.1) is 18.6 Å². The average Bonchev–Trinajstić information content (AvgIpc) is 3.45. The highest BCUT2D eigenvalue weighted by Gasteiger charge is 2.36. The lowest BCUT2D eigenvalue weighted by atomic mass is 9.78. The van der Waals surface area contributed by atoms with E-state index >= 15 is 0 Å². The number of benzene rings is 1. The number of nitrogens with zero attached hydrogens (tertiary/aromatic N) is 3. The quantitative estimate of drug-likeness (QED) is 0.309. The lowest BCUT2D eigenvalue weighted by molar-refractivity contribution is 0.0782. The molecular formula is C23H23ClF2N4O4. The molecule has 8 nitrogen and oxygen atoms in total. The van der Waals surface area contributed by atoms with Crippen molar-refractivity contribution in [3.8, 4) is 5.75 Å². The summed E-state index contributed by atoms with van der Waals surface area (Å²) in [6.07, 6.45) is 4.40. The van der Waals surface area contributed by atoms with Gasteiger partial charge in [-0.2, -0.15) is 5.10 Å². The highest BCUT2D eigenvalue weighted by molar-refractivity contribution is 5.97. The first-order chi connectivity index (χ1) is 15.9. The molecule has 11 heteroatoms. The topological polar surface area (TPSA) is 113 Å². The number of Topliss-reactive ketones (excluding diaryl/α,β-unsaturated/α-hetero) is 1. The minimum Gasteiger partial charge on any atom is -0.485 e. The molecule has 0 amide bonds. The number of carbonyl (C=O) groups is 1. The third kappa shape index (κ3) is 4.52. The smallest absolute Gasteiger partial charge is 0.182 e. The van der Waals surface area contributed by atoms with Gasteiger partial charge in [0.2, 0.25) is 0 Å². The number of pyridine rings is 1. The molecule has 180 valence electrons. The fourth-order valence-corrected chi connectivity index (χ4v) is 3.80. The maximum Gasteiger partial charge on any atom is 0.182 e. The van der Waals surface area contributed by atoms with E-state index in [4.69, 9.17) is 4.74 Å². The highest BCUT2D eigenvalue weighted by atomic mass is 35.5. The number of hydrogen-bond acceptors (Lipinski definition) is 6. The second kappa shape index (κ2) is 10.3. The number of aryl methyl sites for hydroxylation is 1. The van der Waals surface area contributed by atoms with Crippen LogP contribution in [0.5, 0.6) is 5.75 Å². The molecule has 3 N–H and O–H groups in total. The van der Waals surface area contributed by atoms with Gasteiger partial charge in [0.1, 0.15) is 23.9 Å². The van der Waals surface area contributed by atoms with E-state index in [2.05, 4.69) is 15.2 Å². The van der Waals surface area contributed by atoms with Crippen molar-refractivity contribution in [2.24, 2.45) is 0 Å². The Hall–Kier alpha value is -3.34. The predicted molar refractivity (Wildman–Crippen MR) is 121 cm³/mol. The highest BCUT2D eigenvalue weighted by Crippen LogP contribution is 2.30. The number of fused-ring (bicyclic) bond motifs is 1. The van der Waals surface area contributed by atoms with E-state index < -0.39 is 30.3 Å². The van der Waals surface area contributed by atoms with Gasteiger partial charge in [-0.15, -0.1) is 12.4 Å². The Labute approximate surface area is 199 Å². The molecule has 0 fully saturated rings. The van der Waals surface area contributed by atoms with Crippen molar-refractivity contribution in [2.75, 3.05) is 13.2 Å². The first-order valence-corrected chi connectivity index (χ1v) is 10.2. The van der Waals surface area contributed by atoms with Crippen LogP contribution in [0.1, 0.15) is 33.7 Å². The number of carbonyl (C=O) groups excluding carboxylic acids is 1. The number of nitrogens with one attached hydrogen (secondary N) is 1. The van der Waals surface area contributed by atoms with E-state index in [0.717, 1.165) is 12.1 Å². The maximum atomic E-state index is 13.9. The molecule has 0 aliphatic heterocycles. The lowest BCUT2D eigenvalue weighted by Crippen LogP contribution is -2.37. The van der Waals surface area contributed by atoms with Gasteiger partial charge in [-0.1, -0.05) is 6.07 Å². The summed E-state index contributed by atoms with van der Waals surface area (Å²) in [6, 6.07) is 6.78. The van der Waals surface area contributed by atoms with E-state index in [0.29, 0.717) is 16.9 Å². The van der Waals surface area contributed by atoms with Crippen molar-refractivity contribution in [1.82, 2.24) is 19.6 Å². The number of hydrogen-bond donors (Lipinski definition) is 3. The van der Waals surface area contributed by atoms with Gasteiger partial charge in [-0.25, -0.2) is 13.8 Å². The van der Waals surface area contributed by atoms with Crippen LogP contribution < -0.4 is 4.74 Å². The number of imidazole rings is 1. The SMILES string of the molecule is Cc1nc2c(OCc3c(F)cccc3F)cccn2c1C(=O)CC(CO)(CO)c1cn[nH]c1.Cl. The van der Waals surface area contributed by atoms with Crippen molar-refractivity contribution in [3.05, 3.63) is 83.1 Å². The molecule has 34 heavy (non-hydrogen) atoms. The van der Waals surface area contributed by atoms with Crippen molar-refractivity contribution in [2.45, 2.75) is 25.4 Å². The van der Waals surface area contributed by atoms with Crippen molar-refractivity contribution < 1.29 is 28.5 Å². The minimum atomic E-state index is -1.23. The van der Waals surface area contributed by atoms with Crippen LogP contribution in [0.15, 0.2) is 48.9 Å². The number of halogens is 3. The van der Waals surface area contributed by atoms with Crippen LogP contribution in [0.2, 0.25) is 0 Å². The molecule has 0 saturated carbocycles. The summed E-state index contributed by atoms with van der Waals surface area (Å²) in [7, 11) is 0. The molecule has 0 atom stereocenters. The molecular weight excluding hydrogens is 470 g/mol. The molecule has 0 radical (unpaired) electrons. The second-order valence-corrected chi connectivity index (χ2v) is 7.78. The standard InChI is InChI=1S/C23H22F2N4O4.ClH/c1-14-21(19(32)8-23(12-30,13-31)15-9-26-27-10-15)29-7-3-6-20(22(29)28-14)33-11-16-17(24)4-2-5-18(16)25;/h2-7,9-10,30-31H,8,11-13H2,1H3,(H,26,27);1H. The Bertz CT molecular complexity index is 1270. The number of H-pyrrole nitrogens is 1. The van der Waals surface area contributed by atoms with E-state index in [1.807, 2.05) is 0 Å². The number of ketones is 1. The molecule has 0 spiro atoms. The fourth-order valence-electron chi connectivity index (χ4n) is 3.80. The summed E-state index contributed by atoms with van der Waals surface area (Å²) in [5, 5.41) is 26.4. The summed E-state index contributed by atoms with van der Waals surface area (Å²) < 4.78 is 35.1. The molecule has 1 aromatic carbocycles. The monoisotopic (exact) mass is 492 g/mol. The third-order valence-electron chi connectivity index (χ3n) is 5.70. The first kappa shape index (κ1) is 25.3. The van der Waals surface area contributed by atoms with Gasteiger partial charge in [0.15, 0.2) is 17.2 Å². The van der Waals surface area contributed by atoms with Crippen LogP contribution in [0.3, 0.4) is 0 Å². The summed E-state index contributed by atoms with van der Waals surface area (Å²) in [5.74, 6) is -1.56. The zero-order valence-corrected chi connectivity index (χ0v) is 19.0. The normalized spacial score (nSPS) is 11.4. The van der Waals surface area contributed by atoms with Crippen LogP contribution >= 0.6 is 12.4 Å². The van der Waals surface area contributed by atoms with Crippen LogP contribution in [-0.2, 0) is 12.0 Å². The predicted octanol–water partition coefficient (Wildman–Crippen LogP) is 3.14. The number of aromatic nitrogens is 4. The van der Waals surface area contributed by atoms with Gasteiger partial charge in [0.05, 0.1) is 36.1 Å². The molecule has 4 rings (SSSR count). The number of aliphatic hydroxyl groups excluding tert-OH is 2. The zero-order valence-electron chi connectivity index (χ0n) is 18.2.